The molecule has 0 amide bonds. The molecule has 0 unspecified atom stereocenters. The molecule has 0 saturated carbocycles. The second kappa shape index (κ2) is 10.1. The molecule has 0 fully saturated rings. The van der Waals surface area contributed by atoms with Crippen LogP contribution in [0.3, 0.4) is 0 Å². The van der Waals surface area contributed by atoms with Gasteiger partial charge < -0.3 is 14.8 Å². The number of ether oxygens (including phenoxy) is 2. The summed E-state index contributed by atoms with van der Waals surface area (Å²) in [5, 5.41) is 3.43. The summed E-state index contributed by atoms with van der Waals surface area (Å²) in [4.78, 5) is 0. The summed E-state index contributed by atoms with van der Waals surface area (Å²) in [6.07, 6.45) is 0. The predicted octanol–water partition coefficient (Wildman–Crippen LogP) is 4.58. The molecular weight excluding hydrogens is 310 g/mol. The molecule has 4 heteroatoms. The van der Waals surface area contributed by atoms with Crippen molar-refractivity contribution in [2.45, 2.75) is 40.0 Å². The van der Waals surface area contributed by atoms with Crippen molar-refractivity contribution < 1.29 is 9.47 Å². The molecule has 2 aromatic carbocycles. The van der Waals surface area contributed by atoms with Crippen LogP contribution in [0.2, 0.25) is 0 Å². The number of hydrogen-bond donors (Lipinski definition) is 1. The number of halogens is 1. The fourth-order valence-corrected chi connectivity index (χ4v) is 2.18. The van der Waals surface area contributed by atoms with Crippen LogP contribution in [0.4, 0.5) is 0 Å². The van der Waals surface area contributed by atoms with Crippen LogP contribution in [0.5, 0.6) is 11.5 Å². The maximum Gasteiger partial charge on any atom is 0.166 e. The molecule has 0 aliphatic carbocycles. The van der Waals surface area contributed by atoms with Crippen molar-refractivity contribution in [2.75, 3.05) is 6.61 Å². The van der Waals surface area contributed by atoms with E-state index in [0.717, 1.165) is 29.2 Å². The van der Waals surface area contributed by atoms with Crippen molar-refractivity contribution in [3.05, 3.63) is 59.7 Å². The Morgan fingerprint density at radius 2 is 1.70 bits per heavy atom. The van der Waals surface area contributed by atoms with E-state index in [1.54, 1.807) is 0 Å². The van der Waals surface area contributed by atoms with E-state index < -0.39 is 0 Å². The number of hydrogen-bond acceptors (Lipinski definition) is 3. The fraction of sp³-hybridized carbons (Fsp3) is 0.368. The van der Waals surface area contributed by atoms with Gasteiger partial charge in [-0.05, 0) is 18.6 Å². The molecule has 0 atom stereocenters. The quantitative estimate of drug-likeness (QED) is 0.765. The Hall–Kier alpha value is -1.71. The van der Waals surface area contributed by atoms with E-state index in [1.807, 2.05) is 37.3 Å². The Morgan fingerprint density at radius 3 is 2.35 bits per heavy atom. The van der Waals surface area contributed by atoms with Gasteiger partial charge in [0.2, 0.25) is 0 Å². The van der Waals surface area contributed by atoms with E-state index in [2.05, 4.69) is 37.4 Å². The third kappa shape index (κ3) is 6.12. The zero-order valence-electron chi connectivity index (χ0n) is 14.0. The van der Waals surface area contributed by atoms with Gasteiger partial charge in [-0.25, -0.2) is 0 Å². The minimum atomic E-state index is 0. The first-order chi connectivity index (χ1) is 10.7. The molecule has 0 radical (unpaired) electrons. The van der Waals surface area contributed by atoms with Crippen LogP contribution >= 0.6 is 12.4 Å². The molecule has 3 nitrogen and oxygen atoms in total. The van der Waals surface area contributed by atoms with Gasteiger partial charge in [0.25, 0.3) is 0 Å². The first-order valence-corrected chi connectivity index (χ1v) is 7.85. The van der Waals surface area contributed by atoms with Gasteiger partial charge in [-0.15, -0.1) is 12.4 Å². The summed E-state index contributed by atoms with van der Waals surface area (Å²) in [5.74, 6) is 1.64. The molecule has 0 aromatic heterocycles. The lowest BCUT2D eigenvalue weighted by Gasteiger charge is -2.17. The van der Waals surface area contributed by atoms with E-state index in [9.17, 15) is 0 Å². The fourth-order valence-electron chi connectivity index (χ4n) is 2.18. The molecule has 126 valence electrons. The summed E-state index contributed by atoms with van der Waals surface area (Å²) in [6, 6.07) is 16.7. The summed E-state index contributed by atoms with van der Waals surface area (Å²) in [6.45, 7) is 8.19. The molecule has 0 saturated heterocycles. The van der Waals surface area contributed by atoms with Crippen LogP contribution in [0.25, 0.3) is 0 Å². The summed E-state index contributed by atoms with van der Waals surface area (Å²) >= 11 is 0. The number of rotatable bonds is 8. The van der Waals surface area contributed by atoms with Crippen LogP contribution in [-0.2, 0) is 13.2 Å². The lowest BCUT2D eigenvalue weighted by atomic mass is 10.1. The molecule has 0 aliphatic heterocycles. The Kier molecular flexibility index (Phi) is 8.52. The van der Waals surface area contributed by atoms with Crippen molar-refractivity contribution in [3.63, 3.8) is 0 Å². The maximum absolute atomic E-state index is 6.07. The SMILES string of the molecule is CCOc1cccc(CNC(C)C)c1OCc1ccccc1.Cl. The topological polar surface area (TPSA) is 30.5 Å². The Labute approximate surface area is 145 Å². The molecule has 0 bridgehead atoms. The van der Waals surface area contributed by atoms with Crippen LogP contribution in [-0.4, -0.2) is 12.6 Å². The van der Waals surface area contributed by atoms with Gasteiger partial charge in [-0.3, -0.25) is 0 Å². The standard InChI is InChI=1S/C19H25NO2.ClH/c1-4-21-18-12-8-11-17(13-20-15(2)3)19(18)22-14-16-9-6-5-7-10-16;/h5-12,15,20H,4,13-14H2,1-3H3;1H. The van der Waals surface area contributed by atoms with E-state index >= 15 is 0 Å². The summed E-state index contributed by atoms with van der Waals surface area (Å²) in [5.41, 5.74) is 2.27. The first-order valence-electron chi connectivity index (χ1n) is 7.85. The van der Waals surface area contributed by atoms with Crippen molar-refractivity contribution in [1.82, 2.24) is 5.32 Å². The second-order valence-corrected chi connectivity index (χ2v) is 5.49. The molecular formula is C19H26ClNO2. The van der Waals surface area contributed by atoms with Crippen LogP contribution in [0.1, 0.15) is 31.9 Å². The molecule has 0 aliphatic rings. The molecule has 2 aromatic rings. The molecule has 0 heterocycles. The lowest BCUT2D eigenvalue weighted by molar-refractivity contribution is 0.266. The number of nitrogens with one attached hydrogen (secondary N) is 1. The van der Waals surface area contributed by atoms with Crippen molar-refractivity contribution in [3.8, 4) is 11.5 Å². The Balaban J connectivity index is 0.00000264. The van der Waals surface area contributed by atoms with Gasteiger partial charge in [-0.2, -0.15) is 0 Å². The normalized spacial score (nSPS) is 10.3. The van der Waals surface area contributed by atoms with Crippen molar-refractivity contribution in [1.29, 1.82) is 0 Å². The molecule has 0 spiro atoms. The summed E-state index contributed by atoms with van der Waals surface area (Å²) in [7, 11) is 0. The van der Waals surface area contributed by atoms with Crippen molar-refractivity contribution >= 4 is 12.4 Å². The van der Waals surface area contributed by atoms with Gasteiger partial charge in [0.05, 0.1) is 6.61 Å². The van der Waals surface area contributed by atoms with E-state index in [4.69, 9.17) is 9.47 Å². The third-order valence-corrected chi connectivity index (χ3v) is 3.29. The Bertz CT molecular complexity index is 573. The highest BCUT2D eigenvalue weighted by atomic mass is 35.5. The largest absolute Gasteiger partial charge is 0.490 e. The van der Waals surface area contributed by atoms with E-state index in [-0.39, 0.29) is 12.4 Å². The van der Waals surface area contributed by atoms with Crippen LogP contribution in [0.15, 0.2) is 48.5 Å². The average Bonchev–Trinajstić information content (AvgIpc) is 2.53. The van der Waals surface area contributed by atoms with Gasteiger partial charge >= 0.3 is 0 Å². The Morgan fingerprint density at radius 1 is 0.957 bits per heavy atom. The minimum absolute atomic E-state index is 0. The van der Waals surface area contributed by atoms with Crippen molar-refractivity contribution in [2.24, 2.45) is 0 Å². The number of benzene rings is 2. The second-order valence-electron chi connectivity index (χ2n) is 5.49. The molecule has 23 heavy (non-hydrogen) atoms. The monoisotopic (exact) mass is 335 g/mol. The van der Waals surface area contributed by atoms with Crippen LogP contribution in [0, 0.1) is 0 Å². The van der Waals surface area contributed by atoms with E-state index in [1.165, 1.54) is 0 Å². The number of para-hydroxylation sites is 1. The smallest absolute Gasteiger partial charge is 0.166 e. The zero-order chi connectivity index (χ0) is 15.8. The highest BCUT2D eigenvalue weighted by Gasteiger charge is 2.11. The minimum Gasteiger partial charge on any atom is -0.490 e. The van der Waals surface area contributed by atoms with Gasteiger partial charge in [-0.1, -0.05) is 56.3 Å². The lowest BCUT2D eigenvalue weighted by Crippen LogP contribution is -2.22. The van der Waals surface area contributed by atoms with E-state index in [0.29, 0.717) is 19.3 Å². The van der Waals surface area contributed by atoms with Gasteiger partial charge in [0, 0.05) is 18.2 Å². The highest BCUT2D eigenvalue weighted by Crippen LogP contribution is 2.32. The molecule has 2 rings (SSSR count). The first kappa shape index (κ1) is 19.3. The average molecular weight is 336 g/mol. The third-order valence-electron chi connectivity index (χ3n) is 3.29. The zero-order valence-corrected chi connectivity index (χ0v) is 14.9. The van der Waals surface area contributed by atoms with Gasteiger partial charge in [0.1, 0.15) is 6.61 Å². The van der Waals surface area contributed by atoms with Crippen LogP contribution < -0.4 is 14.8 Å². The highest BCUT2D eigenvalue weighted by molar-refractivity contribution is 5.85. The summed E-state index contributed by atoms with van der Waals surface area (Å²) < 4.78 is 11.8. The maximum atomic E-state index is 6.07. The molecule has 1 N–H and O–H groups in total. The predicted molar refractivity (Wildman–Crippen MR) is 97.6 cm³/mol. The van der Waals surface area contributed by atoms with Gasteiger partial charge in [0.15, 0.2) is 11.5 Å².